The minimum absolute atomic E-state index is 0.330. The van der Waals surface area contributed by atoms with Gasteiger partial charge in [-0.15, -0.1) is 11.3 Å². The summed E-state index contributed by atoms with van der Waals surface area (Å²) < 4.78 is 0. The number of nitrogens with one attached hydrogen (secondary N) is 1. The average molecular weight is 284 g/mol. The van der Waals surface area contributed by atoms with E-state index in [0.29, 0.717) is 12.6 Å². The van der Waals surface area contributed by atoms with Gasteiger partial charge in [0.1, 0.15) is 0 Å². The number of para-hydroxylation sites is 1. The molecular weight excluding hydrogens is 268 g/mol. The maximum atomic E-state index is 4.48. The first kappa shape index (κ1) is 13.0. The first-order valence-electron chi connectivity index (χ1n) is 6.56. The number of hydrogen-bond acceptors (Lipinski definition) is 4. The van der Waals surface area contributed by atoms with Crippen LogP contribution in [0, 0.1) is 0 Å². The Labute approximate surface area is 122 Å². The summed E-state index contributed by atoms with van der Waals surface area (Å²) in [5.41, 5.74) is 1.92. The van der Waals surface area contributed by atoms with Crippen molar-refractivity contribution in [3.05, 3.63) is 64.6 Å². The summed E-state index contributed by atoms with van der Waals surface area (Å²) >= 11 is 1.76. The Morgan fingerprint density at radius 2 is 2.05 bits per heavy atom. The lowest BCUT2D eigenvalue weighted by molar-refractivity contribution is 0.571. The molecule has 1 atom stereocenters. The van der Waals surface area contributed by atoms with E-state index in [1.807, 2.05) is 30.3 Å². The second-order valence-electron chi connectivity index (χ2n) is 4.58. The molecule has 0 fully saturated rings. The molecule has 3 rings (SSSR count). The molecular formula is C15H16N4S. The minimum atomic E-state index is 0.330. The van der Waals surface area contributed by atoms with Gasteiger partial charge in [-0.1, -0.05) is 24.3 Å². The zero-order chi connectivity index (χ0) is 13.8. The van der Waals surface area contributed by atoms with Crippen LogP contribution in [0.1, 0.15) is 23.5 Å². The lowest BCUT2D eigenvalue weighted by atomic mass is 10.2. The molecule has 0 saturated heterocycles. The Morgan fingerprint density at radius 3 is 2.80 bits per heavy atom. The predicted octanol–water partition coefficient (Wildman–Crippen LogP) is 3.18. The number of benzene rings is 1. The van der Waals surface area contributed by atoms with E-state index < -0.39 is 0 Å². The summed E-state index contributed by atoms with van der Waals surface area (Å²) in [6.07, 6.45) is 1.81. The topological polar surface area (TPSA) is 42.7 Å². The Balaban J connectivity index is 1.63. The van der Waals surface area contributed by atoms with E-state index in [2.05, 4.69) is 40.0 Å². The zero-order valence-electron chi connectivity index (χ0n) is 11.2. The molecule has 0 aliphatic heterocycles. The van der Waals surface area contributed by atoms with Crippen LogP contribution in [0.2, 0.25) is 0 Å². The predicted molar refractivity (Wildman–Crippen MR) is 80.9 cm³/mol. The number of rotatable bonds is 5. The van der Waals surface area contributed by atoms with Crippen LogP contribution in [0.25, 0.3) is 5.69 Å². The van der Waals surface area contributed by atoms with Crippen molar-refractivity contribution in [3.8, 4) is 5.69 Å². The third kappa shape index (κ3) is 2.95. The Hall–Kier alpha value is -1.98. The van der Waals surface area contributed by atoms with E-state index in [4.69, 9.17) is 0 Å². The molecule has 3 aromatic rings. The van der Waals surface area contributed by atoms with Gasteiger partial charge in [-0.3, -0.25) is 0 Å². The highest BCUT2D eigenvalue weighted by atomic mass is 32.1. The maximum Gasteiger partial charge on any atom is 0.0969 e. The van der Waals surface area contributed by atoms with Crippen molar-refractivity contribution in [2.45, 2.75) is 19.5 Å². The molecule has 4 nitrogen and oxygen atoms in total. The van der Waals surface area contributed by atoms with Crippen LogP contribution in [0.4, 0.5) is 0 Å². The fourth-order valence-electron chi connectivity index (χ4n) is 1.96. The van der Waals surface area contributed by atoms with E-state index in [1.165, 1.54) is 4.88 Å². The highest BCUT2D eigenvalue weighted by Gasteiger charge is 2.07. The standard InChI is InChI=1S/C15H16N4S/c1-12(15-8-5-9-20-15)16-10-13-11-17-19(18-13)14-6-3-2-4-7-14/h2-9,11-12,16H,10H2,1H3/t12-/m0/s1. The van der Waals surface area contributed by atoms with Crippen LogP contribution in [0.3, 0.4) is 0 Å². The third-order valence-electron chi connectivity index (χ3n) is 3.09. The second-order valence-corrected chi connectivity index (χ2v) is 5.56. The molecule has 2 heterocycles. The van der Waals surface area contributed by atoms with Crippen molar-refractivity contribution in [2.24, 2.45) is 0 Å². The summed E-state index contributed by atoms with van der Waals surface area (Å²) in [6, 6.07) is 14.5. The number of hydrogen-bond donors (Lipinski definition) is 1. The van der Waals surface area contributed by atoms with Crippen LogP contribution in [0.5, 0.6) is 0 Å². The smallest absolute Gasteiger partial charge is 0.0969 e. The molecule has 0 radical (unpaired) electrons. The molecule has 0 aliphatic carbocycles. The van der Waals surface area contributed by atoms with Crippen molar-refractivity contribution >= 4 is 11.3 Å². The second kappa shape index (κ2) is 5.98. The SMILES string of the molecule is C[C@H](NCc1cnn(-c2ccccc2)n1)c1cccs1. The normalized spacial score (nSPS) is 12.4. The van der Waals surface area contributed by atoms with Crippen LogP contribution in [-0.2, 0) is 6.54 Å². The molecule has 0 aliphatic rings. The van der Waals surface area contributed by atoms with Crippen LogP contribution < -0.4 is 5.32 Å². The van der Waals surface area contributed by atoms with Gasteiger partial charge in [0.05, 0.1) is 17.6 Å². The molecule has 0 spiro atoms. The van der Waals surface area contributed by atoms with Crippen molar-refractivity contribution in [2.75, 3.05) is 0 Å². The van der Waals surface area contributed by atoms with E-state index in [9.17, 15) is 0 Å². The molecule has 0 amide bonds. The fraction of sp³-hybridized carbons (Fsp3) is 0.200. The van der Waals surface area contributed by atoms with Gasteiger partial charge in [-0.05, 0) is 30.5 Å². The first-order chi connectivity index (χ1) is 9.83. The van der Waals surface area contributed by atoms with Gasteiger partial charge in [-0.2, -0.15) is 15.0 Å². The average Bonchev–Trinajstić information content (AvgIpc) is 3.17. The van der Waals surface area contributed by atoms with Gasteiger partial charge in [-0.25, -0.2) is 0 Å². The summed E-state index contributed by atoms with van der Waals surface area (Å²) in [7, 11) is 0. The molecule has 1 N–H and O–H groups in total. The molecule has 20 heavy (non-hydrogen) atoms. The van der Waals surface area contributed by atoms with Gasteiger partial charge < -0.3 is 5.32 Å². The van der Waals surface area contributed by atoms with Crippen molar-refractivity contribution in [3.63, 3.8) is 0 Å². The quantitative estimate of drug-likeness (QED) is 0.782. The summed E-state index contributed by atoms with van der Waals surface area (Å²) in [4.78, 5) is 2.99. The Bertz CT molecular complexity index is 646. The maximum absolute atomic E-state index is 4.48. The molecule has 5 heteroatoms. The van der Waals surface area contributed by atoms with E-state index in [1.54, 1.807) is 22.3 Å². The first-order valence-corrected chi connectivity index (χ1v) is 7.44. The van der Waals surface area contributed by atoms with E-state index in [-0.39, 0.29) is 0 Å². The van der Waals surface area contributed by atoms with Crippen LogP contribution in [-0.4, -0.2) is 15.0 Å². The highest BCUT2D eigenvalue weighted by molar-refractivity contribution is 7.10. The van der Waals surface area contributed by atoms with Gasteiger partial charge >= 0.3 is 0 Å². The summed E-state index contributed by atoms with van der Waals surface area (Å²) in [6.45, 7) is 2.87. The van der Waals surface area contributed by atoms with Gasteiger partial charge in [0, 0.05) is 17.5 Å². The Morgan fingerprint density at radius 1 is 1.20 bits per heavy atom. The Kier molecular flexibility index (Phi) is 3.90. The highest BCUT2D eigenvalue weighted by Crippen LogP contribution is 2.18. The number of aromatic nitrogens is 3. The van der Waals surface area contributed by atoms with Gasteiger partial charge in [0.15, 0.2) is 0 Å². The molecule has 102 valence electrons. The van der Waals surface area contributed by atoms with E-state index >= 15 is 0 Å². The zero-order valence-corrected chi connectivity index (χ0v) is 12.0. The van der Waals surface area contributed by atoms with Crippen LogP contribution >= 0.6 is 11.3 Å². The van der Waals surface area contributed by atoms with Crippen molar-refractivity contribution in [1.29, 1.82) is 0 Å². The van der Waals surface area contributed by atoms with Crippen molar-refractivity contribution in [1.82, 2.24) is 20.3 Å². The lowest BCUT2D eigenvalue weighted by Gasteiger charge is -2.10. The molecule has 2 aromatic heterocycles. The summed E-state index contributed by atoms with van der Waals surface area (Å²) in [5.74, 6) is 0. The molecule has 0 bridgehead atoms. The van der Waals surface area contributed by atoms with Crippen molar-refractivity contribution < 1.29 is 0 Å². The molecule has 0 saturated carbocycles. The van der Waals surface area contributed by atoms with Crippen LogP contribution in [0.15, 0.2) is 54.0 Å². The number of thiophene rings is 1. The molecule has 0 unspecified atom stereocenters. The van der Waals surface area contributed by atoms with E-state index in [0.717, 1.165) is 11.4 Å². The monoisotopic (exact) mass is 284 g/mol. The number of nitrogens with zero attached hydrogens (tertiary/aromatic N) is 3. The van der Waals surface area contributed by atoms with Gasteiger partial charge in [0.25, 0.3) is 0 Å². The van der Waals surface area contributed by atoms with Gasteiger partial charge in [0.2, 0.25) is 0 Å². The fourth-order valence-corrected chi connectivity index (χ4v) is 2.72. The minimum Gasteiger partial charge on any atom is -0.304 e. The largest absolute Gasteiger partial charge is 0.304 e. The lowest BCUT2D eigenvalue weighted by Crippen LogP contribution is -2.17. The molecule has 1 aromatic carbocycles. The third-order valence-corrected chi connectivity index (χ3v) is 4.14. The summed E-state index contributed by atoms with van der Waals surface area (Å²) in [5, 5.41) is 14.3.